The quantitative estimate of drug-likeness (QED) is 0.632. The van der Waals surface area contributed by atoms with E-state index in [0.717, 1.165) is 13.0 Å². The molecule has 5 heteroatoms. The monoisotopic (exact) mass is 226 g/mol. The van der Waals surface area contributed by atoms with Crippen molar-refractivity contribution in [1.29, 1.82) is 0 Å². The number of anilines is 1. The summed E-state index contributed by atoms with van der Waals surface area (Å²) in [5, 5.41) is 10.7. The van der Waals surface area contributed by atoms with Crippen LogP contribution in [-0.4, -0.2) is 16.7 Å². The molecular weight excluding hydrogens is 204 g/mol. The highest BCUT2D eigenvalue weighted by molar-refractivity contribution is 5.16. The third kappa shape index (κ3) is 5.11. The van der Waals surface area contributed by atoms with Crippen molar-refractivity contribution in [3.63, 3.8) is 0 Å². The molecule has 0 aromatic carbocycles. The Hall–Kier alpha value is -1.10. The van der Waals surface area contributed by atoms with Crippen molar-refractivity contribution in [2.75, 3.05) is 11.9 Å². The van der Waals surface area contributed by atoms with E-state index >= 15 is 0 Å². The van der Waals surface area contributed by atoms with Gasteiger partial charge < -0.3 is 15.5 Å². The average Bonchev–Trinajstić information content (AvgIpc) is 2.76. The second-order valence-electron chi connectivity index (χ2n) is 3.90. The highest BCUT2D eigenvalue weighted by atomic mass is 16.4. The van der Waals surface area contributed by atoms with Gasteiger partial charge in [0.15, 0.2) is 0 Å². The molecule has 0 bridgehead atoms. The standard InChI is InChI=1S/C11H22N4O/c1-2-3-4-5-6-7-8-13-11-15-14-10(9-12)16-11/h2-9,12H2,1H3,(H,13,15). The predicted octanol–water partition coefficient (Wildman–Crippen LogP) is 2.30. The van der Waals surface area contributed by atoms with E-state index in [1.54, 1.807) is 0 Å². The molecule has 5 nitrogen and oxygen atoms in total. The normalized spacial score (nSPS) is 10.6. The summed E-state index contributed by atoms with van der Waals surface area (Å²) in [6.45, 7) is 3.41. The van der Waals surface area contributed by atoms with Gasteiger partial charge >= 0.3 is 6.01 Å². The predicted molar refractivity (Wildman–Crippen MR) is 64.1 cm³/mol. The number of nitrogens with two attached hydrogens (primary N) is 1. The third-order valence-electron chi connectivity index (χ3n) is 2.45. The molecular formula is C11H22N4O. The van der Waals surface area contributed by atoms with Crippen LogP contribution in [0.4, 0.5) is 6.01 Å². The smallest absolute Gasteiger partial charge is 0.315 e. The Morgan fingerprint density at radius 2 is 1.88 bits per heavy atom. The summed E-state index contributed by atoms with van der Waals surface area (Å²) >= 11 is 0. The zero-order chi connectivity index (χ0) is 11.6. The van der Waals surface area contributed by atoms with Crippen LogP contribution in [0.5, 0.6) is 0 Å². The Labute approximate surface area is 96.8 Å². The van der Waals surface area contributed by atoms with Gasteiger partial charge in [-0.05, 0) is 6.42 Å². The van der Waals surface area contributed by atoms with E-state index in [4.69, 9.17) is 10.2 Å². The molecule has 0 aliphatic heterocycles. The van der Waals surface area contributed by atoms with E-state index in [9.17, 15) is 0 Å². The first-order valence-electron chi connectivity index (χ1n) is 6.13. The van der Waals surface area contributed by atoms with Gasteiger partial charge in [0.25, 0.3) is 0 Å². The van der Waals surface area contributed by atoms with Crippen molar-refractivity contribution in [2.24, 2.45) is 5.73 Å². The highest BCUT2D eigenvalue weighted by Crippen LogP contribution is 2.07. The van der Waals surface area contributed by atoms with Crippen LogP contribution in [0.1, 0.15) is 51.3 Å². The molecule has 0 fully saturated rings. The summed E-state index contributed by atoms with van der Waals surface area (Å²) in [6, 6.07) is 0.481. The molecule has 0 saturated heterocycles. The van der Waals surface area contributed by atoms with Crippen molar-refractivity contribution >= 4 is 6.01 Å². The van der Waals surface area contributed by atoms with Gasteiger partial charge in [0.05, 0.1) is 6.54 Å². The number of nitrogens with one attached hydrogen (secondary N) is 1. The maximum atomic E-state index is 5.36. The third-order valence-corrected chi connectivity index (χ3v) is 2.45. The molecule has 0 atom stereocenters. The summed E-state index contributed by atoms with van der Waals surface area (Å²) in [5.74, 6) is 0.477. The minimum atomic E-state index is 0.297. The molecule has 16 heavy (non-hydrogen) atoms. The van der Waals surface area contributed by atoms with Crippen LogP contribution in [0.3, 0.4) is 0 Å². The summed E-state index contributed by atoms with van der Waals surface area (Å²) in [5.41, 5.74) is 5.36. The van der Waals surface area contributed by atoms with Gasteiger partial charge in [-0.15, -0.1) is 5.10 Å². The van der Waals surface area contributed by atoms with Crippen LogP contribution < -0.4 is 11.1 Å². The summed E-state index contributed by atoms with van der Waals surface area (Å²) in [7, 11) is 0. The SMILES string of the molecule is CCCCCCCCNc1nnc(CN)o1. The summed E-state index contributed by atoms with van der Waals surface area (Å²) in [4.78, 5) is 0. The van der Waals surface area contributed by atoms with Gasteiger partial charge in [0.1, 0.15) is 0 Å². The zero-order valence-corrected chi connectivity index (χ0v) is 10.0. The Balaban J connectivity index is 1.98. The molecule has 0 aliphatic carbocycles. The fourth-order valence-electron chi connectivity index (χ4n) is 1.51. The fraction of sp³-hybridized carbons (Fsp3) is 0.818. The van der Waals surface area contributed by atoms with Crippen molar-refractivity contribution < 1.29 is 4.42 Å². The van der Waals surface area contributed by atoms with Crippen molar-refractivity contribution in [1.82, 2.24) is 10.2 Å². The molecule has 1 rings (SSSR count). The first kappa shape index (κ1) is 13.0. The zero-order valence-electron chi connectivity index (χ0n) is 10.0. The molecule has 0 amide bonds. The molecule has 0 aliphatic rings. The molecule has 1 heterocycles. The molecule has 1 aromatic heterocycles. The summed E-state index contributed by atoms with van der Waals surface area (Å²) in [6.07, 6.45) is 7.69. The molecule has 0 spiro atoms. The maximum absolute atomic E-state index is 5.36. The van der Waals surface area contributed by atoms with E-state index in [1.165, 1.54) is 32.1 Å². The van der Waals surface area contributed by atoms with Gasteiger partial charge in [-0.1, -0.05) is 44.1 Å². The number of hydrogen-bond acceptors (Lipinski definition) is 5. The molecule has 1 aromatic rings. The Bertz CT molecular complexity index is 275. The van der Waals surface area contributed by atoms with Crippen LogP contribution in [0.25, 0.3) is 0 Å². The van der Waals surface area contributed by atoms with E-state index < -0.39 is 0 Å². The van der Waals surface area contributed by atoms with Gasteiger partial charge in [-0.3, -0.25) is 0 Å². The lowest BCUT2D eigenvalue weighted by molar-refractivity contribution is 0.505. The minimum Gasteiger partial charge on any atom is -0.407 e. The Kier molecular flexibility index (Phi) is 6.56. The van der Waals surface area contributed by atoms with Gasteiger partial charge in [0.2, 0.25) is 5.89 Å². The van der Waals surface area contributed by atoms with E-state index in [-0.39, 0.29) is 0 Å². The van der Waals surface area contributed by atoms with Crippen LogP contribution >= 0.6 is 0 Å². The van der Waals surface area contributed by atoms with E-state index in [0.29, 0.717) is 18.5 Å². The number of aromatic nitrogens is 2. The fourth-order valence-corrected chi connectivity index (χ4v) is 1.51. The lowest BCUT2D eigenvalue weighted by Gasteiger charge is -2.01. The lowest BCUT2D eigenvalue weighted by Crippen LogP contribution is -2.01. The largest absolute Gasteiger partial charge is 0.407 e. The van der Waals surface area contributed by atoms with Crippen LogP contribution in [0.15, 0.2) is 4.42 Å². The van der Waals surface area contributed by atoms with Crippen molar-refractivity contribution in [3.8, 4) is 0 Å². The van der Waals surface area contributed by atoms with Crippen molar-refractivity contribution in [2.45, 2.75) is 52.0 Å². The second kappa shape index (κ2) is 8.10. The molecule has 3 N–H and O–H groups in total. The number of hydrogen-bond donors (Lipinski definition) is 2. The summed E-state index contributed by atoms with van der Waals surface area (Å²) < 4.78 is 5.22. The first-order valence-corrected chi connectivity index (χ1v) is 6.13. The second-order valence-corrected chi connectivity index (χ2v) is 3.90. The van der Waals surface area contributed by atoms with Gasteiger partial charge in [0, 0.05) is 6.54 Å². The molecule has 0 radical (unpaired) electrons. The van der Waals surface area contributed by atoms with E-state index in [1.807, 2.05) is 0 Å². The number of nitrogens with zero attached hydrogens (tertiary/aromatic N) is 2. The Morgan fingerprint density at radius 1 is 1.12 bits per heavy atom. The molecule has 0 unspecified atom stereocenters. The number of unbranched alkanes of at least 4 members (excludes halogenated alkanes) is 5. The topological polar surface area (TPSA) is 77.0 Å². The molecule has 0 saturated carbocycles. The first-order chi connectivity index (χ1) is 7.86. The van der Waals surface area contributed by atoms with Crippen LogP contribution in [0.2, 0.25) is 0 Å². The van der Waals surface area contributed by atoms with Gasteiger partial charge in [-0.2, -0.15) is 0 Å². The highest BCUT2D eigenvalue weighted by Gasteiger charge is 2.02. The maximum Gasteiger partial charge on any atom is 0.315 e. The molecule has 92 valence electrons. The van der Waals surface area contributed by atoms with Crippen LogP contribution in [0, 0.1) is 0 Å². The lowest BCUT2D eigenvalue weighted by atomic mass is 10.1. The Morgan fingerprint density at radius 3 is 2.56 bits per heavy atom. The van der Waals surface area contributed by atoms with Crippen molar-refractivity contribution in [3.05, 3.63) is 5.89 Å². The van der Waals surface area contributed by atoms with E-state index in [2.05, 4.69) is 22.4 Å². The average molecular weight is 226 g/mol. The minimum absolute atomic E-state index is 0.297. The van der Waals surface area contributed by atoms with Crippen LogP contribution in [-0.2, 0) is 6.54 Å². The number of rotatable bonds is 9. The van der Waals surface area contributed by atoms with Gasteiger partial charge in [-0.25, -0.2) is 0 Å².